The molecule has 0 aliphatic carbocycles. The Morgan fingerprint density at radius 3 is 2.48 bits per heavy atom. The van der Waals surface area contributed by atoms with E-state index in [9.17, 15) is 4.79 Å². The molecule has 0 bridgehead atoms. The molecule has 5 nitrogen and oxygen atoms in total. The summed E-state index contributed by atoms with van der Waals surface area (Å²) < 4.78 is 12.4. The third kappa shape index (κ3) is 2.81. The lowest BCUT2D eigenvalue weighted by molar-refractivity contribution is 0.112. The Morgan fingerprint density at radius 1 is 1.04 bits per heavy atom. The third-order valence-electron chi connectivity index (χ3n) is 3.57. The van der Waals surface area contributed by atoms with Crippen LogP contribution >= 0.6 is 0 Å². The van der Waals surface area contributed by atoms with Crippen molar-refractivity contribution in [3.63, 3.8) is 0 Å². The van der Waals surface area contributed by atoms with E-state index in [0.29, 0.717) is 17.1 Å². The van der Waals surface area contributed by atoms with Crippen molar-refractivity contribution < 1.29 is 14.3 Å². The number of ether oxygens (including phenoxy) is 2. The highest BCUT2D eigenvalue weighted by Crippen LogP contribution is 2.35. The fourth-order valence-electron chi connectivity index (χ4n) is 2.44. The highest BCUT2D eigenvalue weighted by Gasteiger charge is 2.14. The molecule has 0 spiro atoms. The molecule has 0 atom stereocenters. The minimum atomic E-state index is 0.432. The number of carbonyl (C=O) groups is 1. The molecule has 1 aromatic heterocycles. The topological polar surface area (TPSA) is 53.4 Å². The quantitative estimate of drug-likeness (QED) is 0.678. The molecule has 0 aliphatic rings. The Morgan fingerprint density at radius 2 is 1.83 bits per heavy atom. The van der Waals surface area contributed by atoms with E-state index in [2.05, 4.69) is 5.10 Å². The van der Waals surface area contributed by atoms with Gasteiger partial charge in [0.1, 0.15) is 0 Å². The van der Waals surface area contributed by atoms with Gasteiger partial charge in [-0.05, 0) is 29.8 Å². The predicted octanol–water partition coefficient (Wildman–Crippen LogP) is 3.37. The number of aldehydes is 1. The number of aromatic nitrogens is 2. The van der Waals surface area contributed by atoms with Gasteiger partial charge in [-0.2, -0.15) is 5.10 Å². The van der Waals surface area contributed by atoms with Crippen molar-refractivity contribution >= 4 is 6.29 Å². The molecule has 116 valence electrons. The molecular weight excluding hydrogens is 292 g/mol. The van der Waals surface area contributed by atoms with Crippen LogP contribution in [-0.4, -0.2) is 30.3 Å². The minimum Gasteiger partial charge on any atom is -0.493 e. The number of benzene rings is 2. The normalized spacial score (nSPS) is 10.3. The van der Waals surface area contributed by atoms with E-state index in [0.717, 1.165) is 23.1 Å². The second-order valence-electron chi connectivity index (χ2n) is 4.93. The van der Waals surface area contributed by atoms with Crippen LogP contribution in [0.3, 0.4) is 0 Å². The van der Waals surface area contributed by atoms with Crippen LogP contribution in [0.1, 0.15) is 10.4 Å². The molecular formula is C18H16N2O3. The molecule has 0 saturated carbocycles. The van der Waals surface area contributed by atoms with Crippen LogP contribution in [0.15, 0.2) is 54.9 Å². The van der Waals surface area contributed by atoms with Crippen molar-refractivity contribution in [2.75, 3.05) is 14.2 Å². The maximum atomic E-state index is 11.3. The van der Waals surface area contributed by atoms with Gasteiger partial charge in [-0.25, -0.2) is 4.68 Å². The highest BCUT2D eigenvalue weighted by molar-refractivity contribution is 5.85. The van der Waals surface area contributed by atoms with Crippen molar-refractivity contribution in [1.29, 1.82) is 0 Å². The van der Waals surface area contributed by atoms with Crippen LogP contribution in [0.5, 0.6) is 11.5 Å². The number of rotatable bonds is 5. The first-order valence-corrected chi connectivity index (χ1v) is 7.08. The maximum absolute atomic E-state index is 11.3. The first kappa shape index (κ1) is 14.8. The van der Waals surface area contributed by atoms with Crippen molar-refractivity contribution in [1.82, 2.24) is 9.78 Å². The van der Waals surface area contributed by atoms with Crippen LogP contribution in [-0.2, 0) is 0 Å². The predicted molar refractivity (Wildman–Crippen MR) is 87.5 cm³/mol. The Balaban J connectivity index is 2.06. The number of hydrogen-bond donors (Lipinski definition) is 0. The van der Waals surface area contributed by atoms with E-state index in [1.807, 2.05) is 42.6 Å². The summed E-state index contributed by atoms with van der Waals surface area (Å²) in [6, 6.07) is 13.4. The summed E-state index contributed by atoms with van der Waals surface area (Å²) >= 11 is 0. The second-order valence-corrected chi connectivity index (χ2v) is 4.93. The highest BCUT2D eigenvalue weighted by atomic mass is 16.5. The summed E-state index contributed by atoms with van der Waals surface area (Å²) in [6.07, 6.45) is 4.42. The van der Waals surface area contributed by atoms with E-state index in [1.54, 1.807) is 24.1 Å². The van der Waals surface area contributed by atoms with E-state index in [4.69, 9.17) is 9.47 Å². The molecule has 1 heterocycles. The smallest absolute Gasteiger partial charge is 0.171 e. The summed E-state index contributed by atoms with van der Waals surface area (Å²) in [5.41, 5.74) is 3.13. The Hall–Kier alpha value is -3.08. The molecule has 0 aliphatic heterocycles. The van der Waals surface area contributed by atoms with Gasteiger partial charge in [-0.3, -0.25) is 4.79 Å². The zero-order valence-corrected chi connectivity index (χ0v) is 12.9. The van der Waals surface area contributed by atoms with Crippen LogP contribution in [0.4, 0.5) is 0 Å². The van der Waals surface area contributed by atoms with Gasteiger partial charge >= 0.3 is 0 Å². The largest absolute Gasteiger partial charge is 0.493 e. The average Bonchev–Trinajstić information content (AvgIpc) is 3.11. The molecule has 0 N–H and O–H groups in total. The molecule has 5 heteroatoms. The standard InChI is InChI=1S/C18H16N2O3/c1-22-17-9-13(8-14(12-21)18(17)23-2)15-10-19-20(11-15)16-6-4-3-5-7-16/h3-12H,1-2H3. The van der Waals surface area contributed by atoms with Crippen LogP contribution in [0.25, 0.3) is 16.8 Å². The van der Waals surface area contributed by atoms with Crippen molar-refractivity contribution in [3.8, 4) is 28.3 Å². The van der Waals surface area contributed by atoms with E-state index in [1.165, 1.54) is 7.11 Å². The summed E-state index contributed by atoms with van der Waals surface area (Å²) in [5.74, 6) is 0.946. The fourth-order valence-corrected chi connectivity index (χ4v) is 2.44. The monoisotopic (exact) mass is 308 g/mol. The first-order chi connectivity index (χ1) is 11.3. The maximum Gasteiger partial charge on any atom is 0.171 e. The molecule has 23 heavy (non-hydrogen) atoms. The van der Waals surface area contributed by atoms with E-state index >= 15 is 0 Å². The van der Waals surface area contributed by atoms with Gasteiger partial charge in [0.25, 0.3) is 0 Å². The molecule has 2 aromatic carbocycles. The number of methoxy groups -OCH3 is 2. The van der Waals surface area contributed by atoms with Crippen molar-refractivity contribution in [2.45, 2.75) is 0 Å². The molecule has 0 saturated heterocycles. The molecule has 3 rings (SSSR count). The second kappa shape index (κ2) is 6.36. The average molecular weight is 308 g/mol. The fraction of sp³-hybridized carbons (Fsp3) is 0.111. The van der Waals surface area contributed by atoms with Gasteiger partial charge in [0.05, 0.1) is 31.7 Å². The summed E-state index contributed by atoms with van der Waals surface area (Å²) in [4.78, 5) is 11.3. The Bertz CT molecular complexity index is 826. The Kier molecular flexibility index (Phi) is 4.10. The lowest BCUT2D eigenvalue weighted by Gasteiger charge is -2.11. The summed E-state index contributed by atoms with van der Waals surface area (Å²) in [6.45, 7) is 0. The van der Waals surface area contributed by atoms with Gasteiger partial charge in [0, 0.05) is 11.8 Å². The van der Waals surface area contributed by atoms with Gasteiger partial charge in [0.15, 0.2) is 17.8 Å². The SMILES string of the molecule is COc1cc(-c2cnn(-c3ccccc3)c2)cc(C=O)c1OC. The van der Waals surface area contributed by atoms with E-state index in [-0.39, 0.29) is 0 Å². The summed E-state index contributed by atoms with van der Waals surface area (Å²) in [7, 11) is 3.06. The lowest BCUT2D eigenvalue weighted by atomic mass is 10.0. The lowest BCUT2D eigenvalue weighted by Crippen LogP contribution is -1.96. The number of para-hydroxylation sites is 1. The van der Waals surface area contributed by atoms with E-state index < -0.39 is 0 Å². The summed E-state index contributed by atoms with van der Waals surface area (Å²) in [5, 5.41) is 4.37. The molecule has 0 fully saturated rings. The van der Waals surface area contributed by atoms with Crippen LogP contribution < -0.4 is 9.47 Å². The van der Waals surface area contributed by atoms with Gasteiger partial charge in [0.2, 0.25) is 0 Å². The molecule has 0 amide bonds. The molecule has 0 unspecified atom stereocenters. The zero-order chi connectivity index (χ0) is 16.2. The van der Waals surface area contributed by atoms with Crippen molar-refractivity contribution in [2.24, 2.45) is 0 Å². The van der Waals surface area contributed by atoms with Gasteiger partial charge < -0.3 is 9.47 Å². The van der Waals surface area contributed by atoms with Gasteiger partial charge in [-0.1, -0.05) is 18.2 Å². The minimum absolute atomic E-state index is 0.432. The zero-order valence-electron chi connectivity index (χ0n) is 12.9. The number of carbonyl (C=O) groups excluding carboxylic acids is 1. The third-order valence-corrected chi connectivity index (χ3v) is 3.57. The number of nitrogens with zero attached hydrogens (tertiary/aromatic N) is 2. The molecule has 3 aromatic rings. The Labute approximate surface area is 134 Å². The van der Waals surface area contributed by atoms with Crippen LogP contribution in [0, 0.1) is 0 Å². The van der Waals surface area contributed by atoms with Crippen molar-refractivity contribution in [3.05, 3.63) is 60.4 Å². The number of hydrogen-bond acceptors (Lipinski definition) is 4. The van der Waals surface area contributed by atoms with Gasteiger partial charge in [-0.15, -0.1) is 0 Å². The van der Waals surface area contributed by atoms with Crippen LogP contribution in [0.2, 0.25) is 0 Å². The molecule has 0 radical (unpaired) electrons. The first-order valence-electron chi connectivity index (χ1n) is 7.08.